The molecule has 0 bridgehead atoms. The molecule has 1 saturated heterocycles. The van der Waals surface area contributed by atoms with E-state index in [0.717, 1.165) is 13.0 Å². The lowest BCUT2D eigenvalue weighted by atomic mass is 9.94. The summed E-state index contributed by atoms with van der Waals surface area (Å²) in [5.41, 5.74) is 9.08. The third-order valence-corrected chi connectivity index (χ3v) is 3.50. The summed E-state index contributed by atoms with van der Waals surface area (Å²) in [5, 5.41) is 1.77. The van der Waals surface area contributed by atoms with E-state index in [4.69, 9.17) is 5.73 Å². The number of hydrazine groups is 1. The van der Waals surface area contributed by atoms with E-state index in [9.17, 15) is 4.79 Å². The lowest BCUT2D eigenvalue weighted by molar-refractivity contribution is -0.129. The minimum Gasteiger partial charge on any atom is -0.328 e. The monoisotopic (exact) mass is 211 g/mol. The van der Waals surface area contributed by atoms with Gasteiger partial charge in [0.15, 0.2) is 0 Å². The Labute approximate surface area is 91.2 Å². The number of carbonyl (C=O) groups excluding carboxylic acids is 1. The summed E-state index contributed by atoms with van der Waals surface area (Å²) in [5.74, 6) is 0.923. The van der Waals surface area contributed by atoms with Gasteiger partial charge in [-0.3, -0.25) is 9.80 Å². The molecule has 2 rings (SSSR count). The van der Waals surface area contributed by atoms with Crippen LogP contribution in [0.25, 0.3) is 0 Å². The summed E-state index contributed by atoms with van der Waals surface area (Å²) in [6, 6.07) is 0.160. The van der Waals surface area contributed by atoms with E-state index in [2.05, 4.69) is 12.3 Å². The zero-order valence-electron chi connectivity index (χ0n) is 9.62. The van der Waals surface area contributed by atoms with Crippen molar-refractivity contribution < 1.29 is 4.79 Å². The Morgan fingerprint density at radius 1 is 1.67 bits per heavy atom. The molecule has 4 nitrogen and oxygen atoms in total. The van der Waals surface area contributed by atoms with E-state index >= 15 is 0 Å². The van der Waals surface area contributed by atoms with E-state index in [1.807, 2.05) is 6.92 Å². The molecule has 1 aliphatic heterocycles. The number of amides is 1. The minimum atomic E-state index is 0.0227. The Bertz CT molecular complexity index is 263. The number of nitrogens with one attached hydrogen (secondary N) is 1. The molecule has 1 amide bonds. The second kappa shape index (κ2) is 3.76. The summed E-state index contributed by atoms with van der Waals surface area (Å²) >= 11 is 0. The molecule has 1 saturated carbocycles. The van der Waals surface area contributed by atoms with Crippen LogP contribution >= 0.6 is 0 Å². The fourth-order valence-electron chi connectivity index (χ4n) is 2.29. The maximum Gasteiger partial charge on any atom is 0.238 e. The van der Waals surface area contributed by atoms with Gasteiger partial charge in [-0.05, 0) is 39.0 Å². The predicted octanol–water partition coefficient (Wildman–Crippen LogP) is 0.629. The van der Waals surface area contributed by atoms with Crippen molar-refractivity contribution in [1.29, 1.82) is 0 Å². The average Bonchev–Trinajstić information content (AvgIpc) is 2.91. The van der Waals surface area contributed by atoms with E-state index in [0.29, 0.717) is 12.3 Å². The van der Waals surface area contributed by atoms with Gasteiger partial charge in [0.1, 0.15) is 0 Å². The van der Waals surface area contributed by atoms with Crippen molar-refractivity contribution in [3.05, 3.63) is 0 Å². The lowest BCUT2D eigenvalue weighted by Crippen LogP contribution is -2.46. The molecule has 0 spiro atoms. The molecule has 86 valence electrons. The van der Waals surface area contributed by atoms with Crippen LogP contribution in [0.3, 0.4) is 0 Å². The first-order valence-corrected chi connectivity index (χ1v) is 5.85. The number of rotatable bonds is 4. The molecule has 2 unspecified atom stereocenters. The van der Waals surface area contributed by atoms with Crippen molar-refractivity contribution in [2.24, 2.45) is 11.7 Å². The van der Waals surface area contributed by atoms with Crippen LogP contribution < -0.4 is 11.2 Å². The first kappa shape index (κ1) is 10.9. The SMILES string of the molecule is CC(N)CCN1NC(C)(C2CC2)CC1=O. The van der Waals surface area contributed by atoms with Crippen LogP contribution in [0.2, 0.25) is 0 Å². The Morgan fingerprint density at radius 3 is 2.87 bits per heavy atom. The van der Waals surface area contributed by atoms with Gasteiger partial charge in [-0.15, -0.1) is 0 Å². The van der Waals surface area contributed by atoms with Crippen molar-refractivity contribution in [1.82, 2.24) is 10.4 Å². The first-order valence-electron chi connectivity index (χ1n) is 5.85. The van der Waals surface area contributed by atoms with Gasteiger partial charge in [0.05, 0.1) is 0 Å². The van der Waals surface area contributed by atoms with Gasteiger partial charge in [0, 0.05) is 24.5 Å². The maximum atomic E-state index is 11.8. The summed E-state index contributed by atoms with van der Waals surface area (Å²) in [6.45, 7) is 4.87. The normalized spacial score (nSPS) is 33.5. The van der Waals surface area contributed by atoms with Crippen LogP contribution in [0.1, 0.15) is 39.5 Å². The predicted molar refractivity (Wildman–Crippen MR) is 58.9 cm³/mol. The van der Waals surface area contributed by atoms with Crippen LogP contribution in [0.5, 0.6) is 0 Å². The highest BCUT2D eigenvalue weighted by atomic mass is 16.2. The summed E-state index contributed by atoms with van der Waals surface area (Å²) in [6.07, 6.45) is 4.03. The van der Waals surface area contributed by atoms with Gasteiger partial charge in [-0.1, -0.05) is 0 Å². The summed E-state index contributed by atoms with van der Waals surface area (Å²) < 4.78 is 0. The highest BCUT2D eigenvalue weighted by Crippen LogP contribution is 2.43. The smallest absolute Gasteiger partial charge is 0.238 e. The second-order valence-electron chi connectivity index (χ2n) is 5.29. The molecule has 0 aromatic carbocycles. The Morgan fingerprint density at radius 2 is 2.33 bits per heavy atom. The molecule has 0 aromatic rings. The van der Waals surface area contributed by atoms with Gasteiger partial charge in [-0.25, -0.2) is 5.43 Å². The third-order valence-electron chi connectivity index (χ3n) is 3.50. The molecular formula is C11H21N3O. The minimum absolute atomic E-state index is 0.0227. The third kappa shape index (κ3) is 2.32. The lowest BCUT2D eigenvalue weighted by Gasteiger charge is -2.26. The van der Waals surface area contributed by atoms with Crippen LogP contribution in [-0.4, -0.2) is 29.0 Å². The Balaban J connectivity index is 1.89. The Hall–Kier alpha value is -0.610. The zero-order chi connectivity index (χ0) is 11.1. The number of nitrogens with zero attached hydrogens (tertiary/aromatic N) is 1. The largest absolute Gasteiger partial charge is 0.328 e. The van der Waals surface area contributed by atoms with Crippen molar-refractivity contribution in [2.45, 2.75) is 51.1 Å². The van der Waals surface area contributed by atoms with Crippen molar-refractivity contribution in [3.8, 4) is 0 Å². The van der Waals surface area contributed by atoms with Crippen LogP contribution in [-0.2, 0) is 4.79 Å². The van der Waals surface area contributed by atoms with Crippen molar-refractivity contribution >= 4 is 5.91 Å². The second-order valence-corrected chi connectivity index (χ2v) is 5.29. The van der Waals surface area contributed by atoms with Gasteiger partial charge in [0.25, 0.3) is 0 Å². The van der Waals surface area contributed by atoms with Crippen molar-refractivity contribution in [2.75, 3.05) is 6.54 Å². The zero-order valence-corrected chi connectivity index (χ0v) is 9.62. The Kier molecular flexibility index (Phi) is 2.73. The van der Waals surface area contributed by atoms with E-state index in [-0.39, 0.29) is 17.5 Å². The maximum absolute atomic E-state index is 11.8. The number of carbonyl (C=O) groups is 1. The van der Waals surface area contributed by atoms with Crippen molar-refractivity contribution in [3.63, 3.8) is 0 Å². The van der Waals surface area contributed by atoms with E-state index in [1.165, 1.54) is 12.8 Å². The molecule has 1 heterocycles. The van der Waals surface area contributed by atoms with Crippen LogP contribution in [0.4, 0.5) is 0 Å². The molecule has 4 heteroatoms. The molecule has 0 aromatic heterocycles. The van der Waals surface area contributed by atoms with Gasteiger partial charge < -0.3 is 5.73 Å². The average molecular weight is 211 g/mol. The number of hydrogen-bond acceptors (Lipinski definition) is 3. The highest BCUT2D eigenvalue weighted by Gasteiger charge is 2.48. The molecule has 1 aliphatic carbocycles. The van der Waals surface area contributed by atoms with Gasteiger partial charge >= 0.3 is 0 Å². The van der Waals surface area contributed by atoms with Gasteiger partial charge in [0.2, 0.25) is 5.91 Å². The van der Waals surface area contributed by atoms with Crippen LogP contribution in [0, 0.1) is 5.92 Å². The van der Waals surface area contributed by atoms with E-state index in [1.54, 1.807) is 5.01 Å². The highest BCUT2D eigenvalue weighted by molar-refractivity contribution is 5.79. The summed E-state index contributed by atoms with van der Waals surface area (Å²) in [7, 11) is 0. The standard InChI is InChI=1S/C11H21N3O/c1-8(12)5-6-14-10(15)7-11(2,13-14)9-3-4-9/h8-9,13H,3-7,12H2,1-2H3. The molecule has 2 aliphatic rings. The first-order chi connectivity index (χ1) is 7.01. The van der Waals surface area contributed by atoms with E-state index < -0.39 is 0 Å². The fourth-order valence-corrected chi connectivity index (χ4v) is 2.29. The fraction of sp³-hybridized carbons (Fsp3) is 0.909. The number of nitrogens with two attached hydrogens (primary N) is 1. The topological polar surface area (TPSA) is 58.4 Å². The quantitative estimate of drug-likeness (QED) is 0.717. The molecule has 2 fully saturated rings. The molecular weight excluding hydrogens is 190 g/mol. The molecule has 15 heavy (non-hydrogen) atoms. The molecule has 2 atom stereocenters. The van der Waals surface area contributed by atoms with Crippen LogP contribution in [0.15, 0.2) is 0 Å². The number of hydrogen-bond donors (Lipinski definition) is 2. The molecule has 0 radical (unpaired) electrons. The summed E-state index contributed by atoms with van der Waals surface area (Å²) in [4.78, 5) is 11.8. The molecule has 3 N–H and O–H groups in total. The van der Waals surface area contributed by atoms with Gasteiger partial charge in [-0.2, -0.15) is 0 Å².